The van der Waals surface area contributed by atoms with Gasteiger partial charge in [-0.3, -0.25) is 9.69 Å². The first-order chi connectivity index (χ1) is 12.1. The summed E-state index contributed by atoms with van der Waals surface area (Å²) in [6, 6.07) is 6.72. The Morgan fingerprint density at radius 2 is 1.80 bits per heavy atom. The molecule has 1 aromatic carbocycles. The fourth-order valence-corrected chi connectivity index (χ4v) is 3.94. The van der Waals surface area contributed by atoms with Gasteiger partial charge in [-0.15, -0.1) is 0 Å². The van der Waals surface area contributed by atoms with Crippen molar-refractivity contribution in [1.29, 1.82) is 0 Å². The van der Waals surface area contributed by atoms with Crippen LogP contribution in [0.3, 0.4) is 0 Å². The minimum Gasteiger partial charge on any atom is -0.383 e. The van der Waals surface area contributed by atoms with E-state index in [9.17, 15) is 4.79 Å². The summed E-state index contributed by atoms with van der Waals surface area (Å²) in [5, 5.41) is 0. The van der Waals surface area contributed by atoms with E-state index < -0.39 is 0 Å². The van der Waals surface area contributed by atoms with E-state index in [0.29, 0.717) is 6.04 Å². The molecule has 0 spiro atoms. The molecule has 0 aromatic heterocycles. The summed E-state index contributed by atoms with van der Waals surface area (Å²) < 4.78 is 5.26. The van der Waals surface area contributed by atoms with Crippen LogP contribution in [0, 0.1) is 6.92 Å². The van der Waals surface area contributed by atoms with Crippen LogP contribution in [0.15, 0.2) is 18.2 Å². The highest BCUT2D eigenvalue weighted by Crippen LogP contribution is 2.27. The molecule has 0 radical (unpaired) electrons. The van der Waals surface area contributed by atoms with Gasteiger partial charge in [-0.25, -0.2) is 0 Å². The molecule has 3 rings (SSSR count). The maximum Gasteiger partial charge on any atom is 0.256 e. The molecule has 25 heavy (non-hydrogen) atoms. The topological polar surface area (TPSA) is 36.0 Å². The van der Waals surface area contributed by atoms with Crippen molar-refractivity contribution < 1.29 is 9.53 Å². The third kappa shape index (κ3) is 4.15. The van der Waals surface area contributed by atoms with Crippen LogP contribution >= 0.6 is 0 Å². The number of hydrogen-bond donors (Lipinski definition) is 0. The van der Waals surface area contributed by atoms with E-state index in [1.807, 2.05) is 4.90 Å². The predicted octanol–water partition coefficient (Wildman–Crippen LogP) is 2.39. The molecule has 2 fully saturated rings. The number of ether oxygens (including phenoxy) is 1. The Balaban J connectivity index is 1.70. The summed E-state index contributed by atoms with van der Waals surface area (Å²) in [6.07, 6.45) is 2.44. The quantitative estimate of drug-likeness (QED) is 0.821. The molecule has 0 saturated carbocycles. The number of hydrogen-bond acceptors (Lipinski definition) is 4. The molecule has 0 bridgehead atoms. The zero-order chi connectivity index (χ0) is 17.8. The van der Waals surface area contributed by atoms with Crippen molar-refractivity contribution in [1.82, 2.24) is 9.80 Å². The third-order valence-corrected chi connectivity index (χ3v) is 5.46. The summed E-state index contributed by atoms with van der Waals surface area (Å²) in [7, 11) is 1.74. The molecule has 0 aliphatic carbocycles. The molecule has 2 heterocycles. The fraction of sp³-hybridized carbons (Fsp3) is 0.650. The summed E-state index contributed by atoms with van der Waals surface area (Å²) in [5.41, 5.74) is 3.14. The Labute approximate surface area is 151 Å². The summed E-state index contributed by atoms with van der Waals surface area (Å²) in [5.74, 6) is 0.185. The van der Waals surface area contributed by atoms with Crippen molar-refractivity contribution in [3.05, 3.63) is 29.3 Å². The lowest BCUT2D eigenvalue weighted by Gasteiger charge is -2.38. The molecule has 2 aliphatic heterocycles. The minimum atomic E-state index is 0.185. The van der Waals surface area contributed by atoms with E-state index in [-0.39, 0.29) is 5.91 Å². The second-order valence-corrected chi connectivity index (χ2v) is 7.35. The Morgan fingerprint density at radius 1 is 1.12 bits per heavy atom. The zero-order valence-electron chi connectivity index (χ0n) is 15.8. The molecule has 2 aliphatic rings. The number of piperazine rings is 1. The first-order valence-corrected chi connectivity index (χ1v) is 9.48. The molecule has 5 nitrogen and oxygen atoms in total. The van der Waals surface area contributed by atoms with Crippen LogP contribution in [0.1, 0.15) is 35.7 Å². The molecule has 1 amide bonds. The number of amides is 1. The van der Waals surface area contributed by atoms with Gasteiger partial charge >= 0.3 is 0 Å². The Hall–Kier alpha value is -1.59. The Bertz CT molecular complexity index is 591. The number of aryl methyl sites for hydroxylation is 1. The van der Waals surface area contributed by atoms with Gasteiger partial charge in [-0.2, -0.15) is 0 Å². The van der Waals surface area contributed by atoms with Crippen LogP contribution in [0.2, 0.25) is 0 Å². The molecule has 0 N–H and O–H groups in total. The van der Waals surface area contributed by atoms with Gasteiger partial charge < -0.3 is 14.5 Å². The van der Waals surface area contributed by atoms with Crippen molar-refractivity contribution in [3.8, 4) is 0 Å². The molecule has 138 valence electrons. The zero-order valence-corrected chi connectivity index (χ0v) is 15.8. The summed E-state index contributed by atoms with van der Waals surface area (Å²) in [6.45, 7) is 10.5. The average Bonchev–Trinajstić information content (AvgIpc) is 3.16. The van der Waals surface area contributed by atoms with E-state index in [1.165, 1.54) is 12.8 Å². The fourth-order valence-electron chi connectivity index (χ4n) is 3.94. The number of benzene rings is 1. The second kappa shape index (κ2) is 8.19. The largest absolute Gasteiger partial charge is 0.383 e. The van der Waals surface area contributed by atoms with Crippen LogP contribution in [-0.2, 0) is 4.74 Å². The standard InChI is InChI=1S/C20H31N3O2/c1-16-6-7-19(22-8-4-5-9-22)18(14-16)20(24)23-12-10-21(11-13-23)17(2)15-25-3/h6-7,14,17H,4-5,8-13,15H2,1-3H3/t17-/m1/s1. The van der Waals surface area contributed by atoms with Gasteiger partial charge in [0.25, 0.3) is 5.91 Å². The average molecular weight is 345 g/mol. The highest BCUT2D eigenvalue weighted by molar-refractivity contribution is 6.00. The van der Waals surface area contributed by atoms with Gasteiger partial charge in [0.15, 0.2) is 0 Å². The maximum absolute atomic E-state index is 13.2. The molecule has 1 atom stereocenters. The lowest BCUT2D eigenvalue weighted by atomic mass is 10.1. The van der Waals surface area contributed by atoms with Crippen molar-refractivity contribution in [3.63, 3.8) is 0 Å². The normalized spacial score (nSPS) is 20.1. The molecular weight excluding hydrogens is 314 g/mol. The van der Waals surface area contributed by atoms with Gasteiger partial charge in [-0.1, -0.05) is 11.6 Å². The van der Waals surface area contributed by atoms with Crippen molar-refractivity contribution in [2.75, 3.05) is 57.9 Å². The smallest absolute Gasteiger partial charge is 0.256 e. The van der Waals surface area contributed by atoms with E-state index >= 15 is 0 Å². The third-order valence-electron chi connectivity index (χ3n) is 5.46. The molecule has 2 saturated heterocycles. The van der Waals surface area contributed by atoms with Crippen molar-refractivity contribution in [2.24, 2.45) is 0 Å². The predicted molar refractivity (Wildman–Crippen MR) is 101 cm³/mol. The van der Waals surface area contributed by atoms with Crippen molar-refractivity contribution in [2.45, 2.75) is 32.7 Å². The van der Waals surface area contributed by atoms with Gasteiger partial charge in [0.1, 0.15) is 0 Å². The van der Waals surface area contributed by atoms with E-state index in [2.05, 4.69) is 41.8 Å². The number of carbonyl (C=O) groups excluding carboxylic acids is 1. The van der Waals surface area contributed by atoms with Crippen LogP contribution in [0.5, 0.6) is 0 Å². The van der Waals surface area contributed by atoms with E-state index in [4.69, 9.17) is 4.74 Å². The lowest BCUT2D eigenvalue weighted by molar-refractivity contribution is 0.0449. The van der Waals surface area contributed by atoms with Gasteiger partial charge in [0, 0.05) is 58.1 Å². The summed E-state index contributed by atoms with van der Waals surface area (Å²) >= 11 is 0. The maximum atomic E-state index is 13.2. The number of rotatable bonds is 5. The van der Waals surface area contributed by atoms with Crippen LogP contribution < -0.4 is 4.90 Å². The highest BCUT2D eigenvalue weighted by atomic mass is 16.5. The molecule has 5 heteroatoms. The number of methoxy groups -OCH3 is 1. The first kappa shape index (κ1) is 18.2. The Kier molecular flexibility index (Phi) is 5.97. The molecular formula is C20H31N3O2. The highest BCUT2D eigenvalue weighted by Gasteiger charge is 2.27. The van der Waals surface area contributed by atoms with E-state index in [0.717, 1.165) is 62.7 Å². The van der Waals surface area contributed by atoms with Crippen molar-refractivity contribution >= 4 is 11.6 Å². The molecule has 0 unspecified atom stereocenters. The monoisotopic (exact) mass is 345 g/mol. The first-order valence-electron chi connectivity index (χ1n) is 9.48. The van der Waals surface area contributed by atoms with Crippen LogP contribution in [-0.4, -0.2) is 74.7 Å². The lowest BCUT2D eigenvalue weighted by Crippen LogP contribution is -2.52. The number of nitrogens with zero attached hydrogens (tertiary/aromatic N) is 3. The summed E-state index contributed by atoms with van der Waals surface area (Å²) in [4.78, 5) is 20.0. The minimum absolute atomic E-state index is 0.185. The number of carbonyl (C=O) groups is 1. The van der Waals surface area contributed by atoms with Gasteiger partial charge in [-0.05, 0) is 38.8 Å². The second-order valence-electron chi connectivity index (χ2n) is 7.35. The van der Waals surface area contributed by atoms with Crippen LogP contribution in [0.4, 0.5) is 5.69 Å². The number of anilines is 1. The van der Waals surface area contributed by atoms with Gasteiger partial charge in [0.2, 0.25) is 0 Å². The van der Waals surface area contributed by atoms with Crippen LogP contribution in [0.25, 0.3) is 0 Å². The van der Waals surface area contributed by atoms with Gasteiger partial charge in [0.05, 0.1) is 12.2 Å². The Morgan fingerprint density at radius 3 is 2.44 bits per heavy atom. The SMILES string of the molecule is COC[C@@H](C)N1CCN(C(=O)c2cc(C)ccc2N2CCCC2)CC1. The molecule has 1 aromatic rings. The van der Waals surface area contributed by atoms with E-state index in [1.54, 1.807) is 7.11 Å².